The molecule has 0 fully saturated rings. The lowest BCUT2D eigenvalue weighted by molar-refractivity contribution is 0.102. The molecule has 0 aliphatic heterocycles. The molecule has 0 heterocycles. The van der Waals surface area contributed by atoms with Crippen molar-refractivity contribution in [2.75, 3.05) is 5.75 Å². The smallest absolute Gasteiger partial charge is 0.213 e. The highest BCUT2D eigenvalue weighted by Gasteiger charge is 2.52. The molecular weight excluding hydrogens is 1030 g/mol. The summed E-state index contributed by atoms with van der Waals surface area (Å²) in [5.41, 5.74) is -12.7. The first-order chi connectivity index (χ1) is 33.8. The lowest BCUT2D eigenvalue weighted by atomic mass is 9.12. The fourth-order valence-corrected chi connectivity index (χ4v) is 9.13. The van der Waals surface area contributed by atoms with Crippen molar-refractivity contribution in [3.8, 4) is 17.2 Å². The summed E-state index contributed by atoms with van der Waals surface area (Å²) in [6.07, 6.45) is -7.22. The van der Waals surface area contributed by atoms with E-state index in [1.54, 1.807) is 48.5 Å². The molecule has 0 aromatic heterocycles. The molecule has 72 heavy (non-hydrogen) atoms. The van der Waals surface area contributed by atoms with Crippen LogP contribution in [0.5, 0.6) is 0 Å². The van der Waals surface area contributed by atoms with Crippen LogP contribution in [0.15, 0.2) is 89.8 Å². The Labute approximate surface area is 390 Å². The lowest BCUT2D eigenvalue weighted by Gasteiger charge is -2.44. The first kappa shape index (κ1) is 53.4. The van der Waals surface area contributed by atoms with Gasteiger partial charge in [-0.3, -0.25) is 4.79 Å². The van der Waals surface area contributed by atoms with Gasteiger partial charge in [0.15, 0.2) is 85.7 Å². The van der Waals surface area contributed by atoms with Crippen molar-refractivity contribution in [2.24, 2.45) is 0 Å². The molecule has 0 amide bonds. The number of nitriles is 1. The number of carbonyl (C=O) groups is 1. The van der Waals surface area contributed by atoms with Crippen LogP contribution in [-0.2, 0) is 14.1 Å². The molecule has 0 saturated heterocycles. The second kappa shape index (κ2) is 20.4. The minimum Gasteiger partial charge on any atom is -0.289 e. The van der Waals surface area contributed by atoms with Crippen molar-refractivity contribution >= 4 is 43.7 Å². The molecule has 0 aliphatic rings. The van der Waals surface area contributed by atoms with E-state index in [1.807, 2.05) is 42.5 Å². The van der Waals surface area contributed by atoms with Gasteiger partial charge in [-0.25, -0.2) is 87.8 Å². The van der Waals surface area contributed by atoms with Gasteiger partial charge < -0.3 is 0 Å². The second-order valence-corrected chi connectivity index (χ2v) is 17.0. The molecule has 1 atom stereocenters. The maximum Gasteiger partial charge on any atom is 0.213 e. The fourth-order valence-electron chi connectivity index (χ4n) is 7.35. The SMILES string of the molecule is Fc1c(F)c(F)c([B-](c2c(F)c(F)c(F)c(F)c2F)(c2c(F)c(F)c(F)c(F)c2F)c2c(F)c(F)c(F)c(F)c2F)c(F)c1F.N#Cc1ccc(C(=O)C[S+](=O)(C#Cc2ccccc2)c2ccccc2)cc1. The number of ketones is 1. The van der Waals surface area contributed by atoms with Crippen molar-refractivity contribution in [3.05, 3.63) is 218 Å². The van der Waals surface area contributed by atoms with E-state index in [-0.39, 0.29) is 11.5 Å². The molecule has 7 rings (SSSR count). The molecule has 0 bridgehead atoms. The molecule has 3 nitrogen and oxygen atoms in total. The molecule has 0 radical (unpaired) electrons. The zero-order valence-electron chi connectivity index (χ0n) is 34.6. The molecule has 0 N–H and O–H groups in total. The highest BCUT2D eigenvalue weighted by molar-refractivity contribution is 8.07. The van der Waals surface area contributed by atoms with Crippen LogP contribution >= 0.6 is 0 Å². The number of hydrogen-bond donors (Lipinski definition) is 0. The van der Waals surface area contributed by atoms with E-state index < -0.39 is 154 Å². The minimum absolute atomic E-state index is 0.206. The first-order valence-corrected chi connectivity index (χ1v) is 20.9. The molecular formula is C47H16BF20NO2S. The lowest BCUT2D eigenvalue weighted by Crippen LogP contribution is -2.81. The van der Waals surface area contributed by atoms with Gasteiger partial charge in [0.2, 0.25) is 15.7 Å². The van der Waals surface area contributed by atoms with Gasteiger partial charge in [-0.05, 0) is 54.5 Å². The first-order valence-electron chi connectivity index (χ1n) is 19.2. The van der Waals surface area contributed by atoms with E-state index in [1.165, 1.54) is 0 Å². The summed E-state index contributed by atoms with van der Waals surface area (Å²) in [6, 6.07) is 26.4. The van der Waals surface area contributed by atoms with E-state index in [9.17, 15) is 61.7 Å². The maximum absolute atomic E-state index is 15.4. The Balaban J connectivity index is 0.000000266. The van der Waals surface area contributed by atoms with Gasteiger partial charge in [0.1, 0.15) is 52.7 Å². The molecule has 25 heteroatoms. The molecule has 7 aromatic carbocycles. The molecule has 1 unspecified atom stereocenters. The van der Waals surface area contributed by atoms with Crippen LogP contribution < -0.4 is 21.9 Å². The fraction of sp³-hybridized carbons (Fsp3) is 0.0213. The van der Waals surface area contributed by atoms with Crippen molar-refractivity contribution < 1.29 is 96.8 Å². The summed E-state index contributed by atoms with van der Waals surface area (Å²) in [4.78, 5) is 13.3. The summed E-state index contributed by atoms with van der Waals surface area (Å²) in [5.74, 6) is -68.9. The predicted molar refractivity (Wildman–Crippen MR) is 216 cm³/mol. The average Bonchev–Trinajstić information content (AvgIpc) is 3.38. The zero-order valence-corrected chi connectivity index (χ0v) is 35.4. The van der Waals surface area contributed by atoms with Crippen LogP contribution in [0.2, 0.25) is 0 Å². The normalized spacial score (nSPS) is 12.0. The number of Topliss-reactive ketones (excluding diaryl/α,β-unsaturated/α-hetero) is 1. The Morgan fingerprint density at radius 1 is 0.389 bits per heavy atom. The number of hydrogen-bond acceptors (Lipinski definition) is 3. The summed E-state index contributed by atoms with van der Waals surface area (Å²) in [5, 5.41) is 11.7. The van der Waals surface area contributed by atoms with Gasteiger partial charge >= 0.3 is 0 Å². The van der Waals surface area contributed by atoms with Crippen LogP contribution in [0.4, 0.5) is 87.8 Å². The molecule has 7 aromatic rings. The number of carbonyl (C=O) groups excluding carboxylic acids is 1. The molecule has 0 spiro atoms. The van der Waals surface area contributed by atoms with E-state index in [0.29, 0.717) is 16.0 Å². The Morgan fingerprint density at radius 3 is 0.958 bits per heavy atom. The number of rotatable bonds is 8. The third-order valence-electron chi connectivity index (χ3n) is 10.6. The Bertz CT molecular complexity index is 3130. The highest BCUT2D eigenvalue weighted by Crippen LogP contribution is 2.31. The topological polar surface area (TPSA) is 57.9 Å². The highest BCUT2D eigenvalue weighted by atomic mass is 32.2. The maximum atomic E-state index is 15.4. The quantitative estimate of drug-likeness (QED) is 0.0290. The predicted octanol–water partition coefficient (Wildman–Crippen LogP) is 10.2. The van der Waals surface area contributed by atoms with Gasteiger partial charge in [0.05, 0.1) is 11.6 Å². The van der Waals surface area contributed by atoms with Gasteiger partial charge in [-0.15, -0.1) is 21.9 Å². The van der Waals surface area contributed by atoms with E-state index in [4.69, 9.17) is 5.26 Å². The Hall–Kier alpha value is -7.93. The van der Waals surface area contributed by atoms with Gasteiger partial charge in [-0.2, -0.15) is 5.26 Å². The number of nitrogens with zero attached hydrogens (tertiary/aromatic N) is 1. The van der Waals surface area contributed by atoms with Crippen molar-refractivity contribution in [3.63, 3.8) is 0 Å². The summed E-state index contributed by atoms with van der Waals surface area (Å²) in [7, 11) is -2.90. The molecule has 0 saturated carbocycles. The second-order valence-electron chi connectivity index (χ2n) is 14.6. The largest absolute Gasteiger partial charge is 0.289 e. The monoisotopic (exact) mass is 1050 g/mol. The molecule has 0 aliphatic carbocycles. The summed E-state index contributed by atoms with van der Waals surface area (Å²) in [6.45, 7) is 0. The van der Waals surface area contributed by atoms with Gasteiger partial charge in [0, 0.05) is 11.1 Å². The summed E-state index contributed by atoms with van der Waals surface area (Å²) >= 11 is 0. The van der Waals surface area contributed by atoms with Crippen molar-refractivity contribution in [1.29, 1.82) is 5.26 Å². The Kier molecular flexibility index (Phi) is 15.2. The van der Waals surface area contributed by atoms with Crippen molar-refractivity contribution in [2.45, 2.75) is 4.90 Å². The van der Waals surface area contributed by atoms with Crippen LogP contribution in [-0.4, -0.2) is 17.7 Å². The summed E-state index contributed by atoms with van der Waals surface area (Å²) < 4.78 is 308. The van der Waals surface area contributed by atoms with Crippen LogP contribution in [0, 0.1) is 139 Å². The van der Waals surface area contributed by atoms with E-state index >= 15 is 35.1 Å². The average molecular weight is 1050 g/mol. The van der Waals surface area contributed by atoms with Crippen LogP contribution in [0.1, 0.15) is 21.5 Å². The Morgan fingerprint density at radius 2 is 0.667 bits per heavy atom. The minimum atomic E-state index is -7.22. The number of benzene rings is 7. The molecule has 370 valence electrons. The van der Waals surface area contributed by atoms with Crippen molar-refractivity contribution in [1.82, 2.24) is 0 Å². The van der Waals surface area contributed by atoms with Gasteiger partial charge in [-0.1, -0.05) is 40.6 Å². The third kappa shape index (κ3) is 8.92. The third-order valence-corrected chi connectivity index (χ3v) is 12.8. The number of halogens is 20. The van der Waals surface area contributed by atoms with Crippen LogP contribution in [0.3, 0.4) is 0 Å². The van der Waals surface area contributed by atoms with Crippen LogP contribution in [0.25, 0.3) is 0 Å². The van der Waals surface area contributed by atoms with E-state index in [2.05, 4.69) is 11.2 Å². The van der Waals surface area contributed by atoms with Gasteiger partial charge in [0.25, 0.3) is 0 Å². The van der Waals surface area contributed by atoms with E-state index in [0.717, 1.165) is 5.56 Å². The standard InChI is InChI=1S/C24BF20.C23H16NO2S/c26-5-1(6(27)14(35)21(42)13(5)34)25(2-7(28)15(36)22(43)16(37)8(2)29,3-9(30)17(38)23(44)18(39)10(3)31)4-11(32)19(40)24(45)20(41)12(4)33;24-17-20-11-13-21(14-12-20)23(25)18-27(26,22-9-5-2-6-10-22)16-15-19-7-3-1-4-8-19/h;1-14H,18H2/q-1;+1. The zero-order chi connectivity index (χ0) is 53.5.